The summed E-state index contributed by atoms with van der Waals surface area (Å²) in [5.41, 5.74) is 5.46. The van der Waals surface area contributed by atoms with E-state index in [1.54, 1.807) is 6.92 Å². The van der Waals surface area contributed by atoms with Crippen LogP contribution in [0.1, 0.15) is 13.3 Å². The Labute approximate surface area is 103 Å². The Morgan fingerprint density at radius 3 is 2.53 bits per heavy atom. The summed E-state index contributed by atoms with van der Waals surface area (Å²) in [5.74, 6) is 0.928. The molecule has 1 rings (SSSR count). The molecule has 1 aromatic rings. The predicted molar refractivity (Wildman–Crippen MR) is 68.9 cm³/mol. The van der Waals surface area contributed by atoms with Gasteiger partial charge in [-0.2, -0.15) is 0 Å². The SMILES string of the molecule is CC(N)CS(=O)(=O)CCCOc1ccccc1. The first-order valence-electron chi connectivity index (χ1n) is 5.63. The summed E-state index contributed by atoms with van der Waals surface area (Å²) in [5, 5.41) is 0. The van der Waals surface area contributed by atoms with Crippen LogP contribution in [0.15, 0.2) is 30.3 Å². The molecule has 1 aromatic carbocycles. The number of hydrogen-bond donors (Lipinski definition) is 1. The van der Waals surface area contributed by atoms with Crippen molar-refractivity contribution in [2.45, 2.75) is 19.4 Å². The first-order valence-corrected chi connectivity index (χ1v) is 7.45. The molecule has 0 aromatic heterocycles. The maximum atomic E-state index is 11.5. The Balaban J connectivity index is 2.25. The average Bonchev–Trinajstić information content (AvgIpc) is 2.24. The van der Waals surface area contributed by atoms with Crippen molar-refractivity contribution < 1.29 is 13.2 Å². The molecule has 1 atom stereocenters. The third kappa shape index (κ3) is 6.28. The van der Waals surface area contributed by atoms with E-state index < -0.39 is 9.84 Å². The van der Waals surface area contributed by atoms with Gasteiger partial charge in [-0.3, -0.25) is 0 Å². The zero-order chi connectivity index (χ0) is 12.7. The van der Waals surface area contributed by atoms with Gasteiger partial charge in [-0.15, -0.1) is 0 Å². The molecule has 0 saturated carbocycles. The largest absolute Gasteiger partial charge is 0.494 e. The summed E-state index contributed by atoms with van der Waals surface area (Å²) >= 11 is 0. The molecule has 0 bridgehead atoms. The molecule has 0 fully saturated rings. The van der Waals surface area contributed by atoms with Crippen molar-refractivity contribution >= 4 is 9.84 Å². The minimum absolute atomic E-state index is 0.0400. The Bertz CT molecular complexity index is 415. The summed E-state index contributed by atoms with van der Waals surface area (Å²) in [6.07, 6.45) is 0.490. The minimum atomic E-state index is -3.04. The molecule has 5 heteroatoms. The molecular weight excluding hydrogens is 238 g/mol. The van der Waals surface area contributed by atoms with Crippen LogP contribution in [0, 0.1) is 0 Å². The van der Waals surface area contributed by atoms with Gasteiger partial charge >= 0.3 is 0 Å². The molecule has 0 spiro atoms. The quantitative estimate of drug-likeness (QED) is 0.746. The lowest BCUT2D eigenvalue weighted by molar-refractivity contribution is 0.317. The monoisotopic (exact) mass is 257 g/mol. The van der Waals surface area contributed by atoms with E-state index in [1.165, 1.54) is 0 Å². The zero-order valence-electron chi connectivity index (χ0n) is 10.0. The fraction of sp³-hybridized carbons (Fsp3) is 0.500. The second kappa shape index (κ2) is 6.61. The van der Waals surface area contributed by atoms with Gasteiger partial charge in [0, 0.05) is 6.04 Å². The van der Waals surface area contributed by atoms with Crippen LogP contribution < -0.4 is 10.5 Å². The van der Waals surface area contributed by atoms with Crippen LogP contribution in [-0.4, -0.2) is 32.6 Å². The van der Waals surface area contributed by atoms with Gasteiger partial charge in [0.2, 0.25) is 0 Å². The summed E-state index contributed by atoms with van der Waals surface area (Å²) in [6, 6.07) is 9.03. The molecule has 0 aliphatic carbocycles. The van der Waals surface area contributed by atoms with E-state index in [4.69, 9.17) is 10.5 Å². The predicted octanol–water partition coefficient (Wildman–Crippen LogP) is 1.22. The summed E-state index contributed by atoms with van der Waals surface area (Å²) in [7, 11) is -3.04. The Kier molecular flexibility index (Phi) is 5.44. The molecule has 96 valence electrons. The maximum Gasteiger partial charge on any atom is 0.151 e. The van der Waals surface area contributed by atoms with Crippen molar-refractivity contribution in [2.75, 3.05) is 18.1 Å². The van der Waals surface area contributed by atoms with Crippen molar-refractivity contribution in [3.63, 3.8) is 0 Å². The van der Waals surface area contributed by atoms with Crippen molar-refractivity contribution in [1.82, 2.24) is 0 Å². The standard InChI is InChI=1S/C12H19NO3S/c1-11(13)10-17(14,15)9-5-8-16-12-6-3-2-4-7-12/h2-4,6-7,11H,5,8-10,13H2,1H3. The fourth-order valence-electron chi connectivity index (χ4n) is 1.47. The number of para-hydroxylation sites is 1. The van der Waals surface area contributed by atoms with Gasteiger partial charge < -0.3 is 10.5 Å². The van der Waals surface area contributed by atoms with E-state index in [0.717, 1.165) is 5.75 Å². The molecule has 2 N–H and O–H groups in total. The van der Waals surface area contributed by atoms with Gasteiger partial charge in [-0.1, -0.05) is 18.2 Å². The van der Waals surface area contributed by atoms with Gasteiger partial charge in [-0.05, 0) is 25.5 Å². The summed E-state index contributed by atoms with van der Waals surface area (Å²) in [6.45, 7) is 2.10. The first-order chi connectivity index (χ1) is 7.99. The van der Waals surface area contributed by atoms with Gasteiger partial charge in [0.1, 0.15) is 5.75 Å². The van der Waals surface area contributed by atoms with Crippen LogP contribution in [0.2, 0.25) is 0 Å². The summed E-state index contributed by atoms with van der Waals surface area (Å²) in [4.78, 5) is 0. The lowest BCUT2D eigenvalue weighted by atomic mass is 10.3. The molecule has 0 amide bonds. The summed E-state index contributed by atoms with van der Waals surface area (Å²) < 4.78 is 28.4. The molecule has 0 saturated heterocycles. The van der Waals surface area contributed by atoms with Crippen molar-refractivity contribution in [1.29, 1.82) is 0 Å². The number of ether oxygens (including phenoxy) is 1. The van der Waals surface area contributed by atoms with Gasteiger partial charge in [0.25, 0.3) is 0 Å². The highest BCUT2D eigenvalue weighted by Crippen LogP contribution is 2.08. The van der Waals surface area contributed by atoms with E-state index >= 15 is 0 Å². The smallest absolute Gasteiger partial charge is 0.151 e. The Hall–Kier alpha value is -1.07. The minimum Gasteiger partial charge on any atom is -0.494 e. The van der Waals surface area contributed by atoms with E-state index in [-0.39, 0.29) is 17.5 Å². The van der Waals surface area contributed by atoms with Crippen LogP contribution in [0.5, 0.6) is 5.75 Å². The van der Waals surface area contributed by atoms with Crippen LogP contribution in [0.4, 0.5) is 0 Å². The van der Waals surface area contributed by atoms with Crippen molar-refractivity contribution in [3.8, 4) is 5.75 Å². The normalized spacial score (nSPS) is 13.3. The molecule has 0 radical (unpaired) electrons. The Morgan fingerprint density at radius 2 is 1.94 bits per heavy atom. The lowest BCUT2D eigenvalue weighted by Crippen LogP contribution is -2.28. The van der Waals surface area contributed by atoms with Gasteiger partial charge in [0.15, 0.2) is 9.84 Å². The van der Waals surface area contributed by atoms with Crippen molar-refractivity contribution in [3.05, 3.63) is 30.3 Å². The highest BCUT2D eigenvalue weighted by molar-refractivity contribution is 7.91. The number of nitrogens with two attached hydrogens (primary N) is 1. The molecule has 1 unspecified atom stereocenters. The molecule has 0 heterocycles. The third-order valence-electron chi connectivity index (χ3n) is 2.13. The highest BCUT2D eigenvalue weighted by Gasteiger charge is 2.12. The van der Waals surface area contributed by atoms with E-state index in [2.05, 4.69) is 0 Å². The average molecular weight is 257 g/mol. The van der Waals surface area contributed by atoms with Crippen LogP contribution in [0.3, 0.4) is 0 Å². The second-order valence-electron chi connectivity index (χ2n) is 4.11. The first kappa shape index (κ1) is 14.0. The molecule has 17 heavy (non-hydrogen) atoms. The number of benzene rings is 1. The highest BCUT2D eigenvalue weighted by atomic mass is 32.2. The molecule has 0 aliphatic heterocycles. The number of rotatable bonds is 7. The molecule has 4 nitrogen and oxygen atoms in total. The van der Waals surface area contributed by atoms with Gasteiger partial charge in [0.05, 0.1) is 18.1 Å². The van der Waals surface area contributed by atoms with Crippen LogP contribution >= 0.6 is 0 Å². The van der Waals surface area contributed by atoms with E-state index in [9.17, 15) is 8.42 Å². The zero-order valence-corrected chi connectivity index (χ0v) is 10.8. The van der Waals surface area contributed by atoms with E-state index in [1.807, 2.05) is 30.3 Å². The van der Waals surface area contributed by atoms with Crippen LogP contribution in [-0.2, 0) is 9.84 Å². The van der Waals surface area contributed by atoms with Crippen LogP contribution in [0.25, 0.3) is 0 Å². The third-order valence-corrected chi connectivity index (χ3v) is 4.07. The van der Waals surface area contributed by atoms with Crippen molar-refractivity contribution in [2.24, 2.45) is 5.73 Å². The topological polar surface area (TPSA) is 69.4 Å². The number of hydrogen-bond acceptors (Lipinski definition) is 4. The maximum absolute atomic E-state index is 11.5. The molecule has 0 aliphatic rings. The number of sulfone groups is 1. The van der Waals surface area contributed by atoms with Gasteiger partial charge in [-0.25, -0.2) is 8.42 Å². The molecular formula is C12H19NO3S. The fourth-order valence-corrected chi connectivity index (χ4v) is 2.99. The Morgan fingerprint density at radius 1 is 1.29 bits per heavy atom. The lowest BCUT2D eigenvalue weighted by Gasteiger charge is -2.08. The van der Waals surface area contributed by atoms with E-state index in [0.29, 0.717) is 13.0 Å². The second-order valence-corrected chi connectivity index (χ2v) is 6.34.